The predicted molar refractivity (Wildman–Crippen MR) is 116 cm³/mol. The molecule has 1 aromatic heterocycles. The zero-order chi connectivity index (χ0) is 21.0. The molecule has 2 heterocycles. The highest BCUT2D eigenvalue weighted by Gasteiger charge is 2.32. The fraction of sp³-hybridized carbons (Fsp3) is 0.474. The van der Waals surface area contributed by atoms with E-state index in [0.717, 1.165) is 11.3 Å². The Bertz CT molecular complexity index is 960. The summed E-state index contributed by atoms with van der Waals surface area (Å²) in [6.45, 7) is -0.155. The molecule has 1 aliphatic rings. The zero-order valence-electron chi connectivity index (χ0n) is 16.0. The van der Waals surface area contributed by atoms with Gasteiger partial charge in [0.25, 0.3) is 5.91 Å². The van der Waals surface area contributed by atoms with Crippen LogP contribution in [-0.2, 0) is 9.84 Å². The monoisotopic (exact) mass is 457 g/mol. The first kappa shape index (κ1) is 22.1. The van der Waals surface area contributed by atoms with Crippen LogP contribution in [0.15, 0.2) is 30.3 Å². The van der Waals surface area contributed by atoms with E-state index in [4.69, 9.17) is 11.6 Å². The smallest absolute Gasteiger partial charge is 0.272 e. The number of nitrogens with one attached hydrogen (secondary N) is 1. The second kappa shape index (κ2) is 9.51. The Hall–Kier alpha value is -1.55. The van der Waals surface area contributed by atoms with Gasteiger partial charge < -0.3 is 10.4 Å². The van der Waals surface area contributed by atoms with Crippen LogP contribution in [0.4, 0.5) is 0 Å². The van der Waals surface area contributed by atoms with E-state index in [9.17, 15) is 18.3 Å². The Kier molecular flexibility index (Phi) is 7.26. The van der Waals surface area contributed by atoms with Crippen molar-refractivity contribution >= 4 is 39.1 Å². The quantitative estimate of drug-likeness (QED) is 0.631. The van der Waals surface area contributed by atoms with Crippen LogP contribution in [0, 0.1) is 0 Å². The van der Waals surface area contributed by atoms with Crippen molar-refractivity contribution in [3.05, 3.63) is 41.0 Å². The minimum absolute atomic E-state index is 0.00329. The van der Waals surface area contributed by atoms with Crippen molar-refractivity contribution in [1.82, 2.24) is 15.1 Å². The molecule has 0 bridgehead atoms. The number of halogens is 1. The maximum atomic E-state index is 12.7. The van der Waals surface area contributed by atoms with Crippen LogP contribution < -0.4 is 5.32 Å². The van der Waals surface area contributed by atoms with Gasteiger partial charge in [0, 0.05) is 5.02 Å². The zero-order valence-corrected chi connectivity index (χ0v) is 18.4. The van der Waals surface area contributed by atoms with Gasteiger partial charge in [-0.1, -0.05) is 23.7 Å². The predicted octanol–water partition coefficient (Wildman–Crippen LogP) is 2.41. The number of aliphatic hydroxyl groups is 1. The maximum Gasteiger partial charge on any atom is 0.272 e. The van der Waals surface area contributed by atoms with Crippen molar-refractivity contribution in [2.75, 3.05) is 30.1 Å². The maximum absolute atomic E-state index is 12.7. The largest absolute Gasteiger partial charge is 0.394 e. The summed E-state index contributed by atoms with van der Waals surface area (Å²) in [4.78, 5) is 12.7. The van der Waals surface area contributed by atoms with Crippen LogP contribution in [-0.4, -0.2) is 65.4 Å². The van der Waals surface area contributed by atoms with Gasteiger partial charge in [0.05, 0.1) is 35.9 Å². The fourth-order valence-corrected chi connectivity index (χ4v) is 5.65. The molecule has 0 radical (unpaired) electrons. The third-order valence-electron chi connectivity index (χ3n) is 4.89. The third kappa shape index (κ3) is 5.53. The van der Waals surface area contributed by atoms with Crippen LogP contribution in [0.3, 0.4) is 0 Å². The van der Waals surface area contributed by atoms with Crippen molar-refractivity contribution in [1.29, 1.82) is 0 Å². The van der Waals surface area contributed by atoms with Crippen molar-refractivity contribution in [2.45, 2.75) is 24.9 Å². The molecular weight excluding hydrogens is 434 g/mol. The van der Waals surface area contributed by atoms with Crippen molar-refractivity contribution < 1.29 is 18.3 Å². The van der Waals surface area contributed by atoms with Crippen LogP contribution in [0.5, 0.6) is 0 Å². The van der Waals surface area contributed by atoms with Crippen molar-refractivity contribution in [3.63, 3.8) is 0 Å². The molecule has 10 heteroatoms. The first-order chi connectivity index (χ1) is 13.8. The Morgan fingerprint density at radius 3 is 2.72 bits per heavy atom. The van der Waals surface area contributed by atoms with Crippen LogP contribution in [0.2, 0.25) is 5.02 Å². The van der Waals surface area contributed by atoms with E-state index < -0.39 is 9.84 Å². The van der Waals surface area contributed by atoms with Crippen molar-refractivity contribution in [2.24, 2.45) is 0 Å². The molecule has 29 heavy (non-hydrogen) atoms. The summed E-state index contributed by atoms with van der Waals surface area (Å²) >= 11 is 7.62. The first-order valence-corrected chi connectivity index (χ1v) is 12.9. The number of benzene rings is 1. The van der Waals surface area contributed by atoms with Crippen LogP contribution in [0.25, 0.3) is 11.3 Å². The molecule has 0 aliphatic carbocycles. The van der Waals surface area contributed by atoms with Gasteiger partial charge in [0.15, 0.2) is 15.5 Å². The SMILES string of the molecule is CSCC[C@@H](CO)NC(=O)c1cc(-c2ccc(Cl)cc2)n(C2CCS(=O)(=O)C2)n1. The summed E-state index contributed by atoms with van der Waals surface area (Å²) < 4.78 is 25.6. The average Bonchev–Trinajstić information content (AvgIpc) is 3.29. The summed E-state index contributed by atoms with van der Waals surface area (Å²) in [6.07, 6.45) is 3.07. The Balaban J connectivity index is 1.91. The van der Waals surface area contributed by atoms with Gasteiger partial charge >= 0.3 is 0 Å². The standard InChI is InChI=1S/C19H24ClN3O4S2/c1-28-8-6-15(11-24)21-19(25)17-10-18(13-2-4-14(20)5-3-13)23(22-17)16-7-9-29(26,27)12-16/h2-5,10,15-16,24H,6-9,11-12H2,1H3,(H,21,25)/t15-,16?/m0/s1. The molecule has 1 aliphatic heterocycles. The molecule has 2 N–H and O–H groups in total. The Labute approximate surface area is 179 Å². The molecule has 1 saturated heterocycles. The number of aliphatic hydroxyl groups excluding tert-OH is 1. The molecule has 158 valence electrons. The highest BCUT2D eigenvalue weighted by molar-refractivity contribution is 7.98. The second-order valence-corrected chi connectivity index (χ2v) is 10.7. The Morgan fingerprint density at radius 2 is 2.14 bits per heavy atom. The van der Waals surface area contributed by atoms with E-state index in [0.29, 0.717) is 23.6 Å². The molecule has 3 rings (SSSR count). The summed E-state index contributed by atoms with van der Waals surface area (Å²) in [5, 5.41) is 17.4. The van der Waals surface area contributed by atoms with E-state index in [-0.39, 0.29) is 41.8 Å². The van der Waals surface area contributed by atoms with Crippen molar-refractivity contribution in [3.8, 4) is 11.3 Å². The number of carbonyl (C=O) groups excluding carboxylic acids is 1. The molecule has 2 atom stereocenters. The normalized spacial score (nSPS) is 19.2. The van der Waals surface area contributed by atoms with E-state index in [1.54, 1.807) is 34.6 Å². The lowest BCUT2D eigenvalue weighted by molar-refractivity contribution is 0.0909. The lowest BCUT2D eigenvalue weighted by Gasteiger charge is -2.15. The molecule has 0 spiro atoms. The molecule has 1 aromatic carbocycles. The minimum Gasteiger partial charge on any atom is -0.394 e. The molecular formula is C19H24ClN3O4S2. The molecule has 7 nitrogen and oxygen atoms in total. The number of sulfone groups is 1. The van der Waals surface area contributed by atoms with Crippen LogP contribution in [0.1, 0.15) is 29.4 Å². The van der Waals surface area contributed by atoms with E-state index in [2.05, 4.69) is 10.4 Å². The number of thioether (sulfide) groups is 1. The van der Waals surface area contributed by atoms with E-state index in [1.165, 1.54) is 0 Å². The lowest BCUT2D eigenvalue weighted by Crippen LogP contribution is -2.38. The number of hydrogen-bond donors (Lipinski definition) is 2. The number of amides is 1. The van der Waals surface area contributed by atoms with Gasteiger partial charge in [0.2, 0.25) is 0 Å². The van der Waals surface area contributed by atoms with Gasteiger partial charge in [0.1, 0.15) is 0 Å². The summed E-state index contributed by atoms with van der Waals surface area (Å²) in [6, 6.07) is 8.09. The van der Waals surface area contributed by atoms with Crippen LogP contribution >= 0.6 is 23.4 Å². The fourth-order valence-electron chi connectivity index (χ4n) is 3.32. The lowest BCUT2D eigenvalue weighted by atomic mass is 10.1. The minimum atomic E-state index is -3.11. The van der Waals surface area contributed by atoms with E-state index >= 15 is 0 Å². The second-order valence-electron chi connectivity index (χ2n) is 7.06. The number of nitrogens with zero attached hydrogens (tertiary/aromatic N) is 2. The highest BCUT2D eigenvalue weighted by Crippen LogP contribution is 2.30. The Morgan fingerprint density at radius 1 is 1.41 bits per heavy atom. The number of rotatable bonds is 8. The number of hydrogen-bond acceptors (Lipinski definition) is 6. The highest BCUT2D eigenvalue weighted by atomic mass is 35.5. The molecule has 1 amide bonds. The molecule has 2 aromatic rings. The number of carbonyl (C=O) groups is 1. The van der Waals surface area contributed by atoms with Gasteiger partial charge in [-0.15, -0.1) is 0 Å². The molecule has 1 fully saturated rings. The average molecular weight is 458 g/mol. The van der Waals surface area contributed by atoms with Gasteiger partial charge in [-0.25, -0.2) is 8.42 Å². The van der Waals surface area contributed by atoms with Gasteiger partial charge in [-0.05, 0) is 48.6 Å². The summed E-state index contributed by atoms with van der Waals surface area (Å²) in [7, 11) is -3.11. The number of aromatic nitrogens is 2. The topological polar surface area (TPSA) is 101 Å². The van der Waals surface area contributed by atoms with Gasteiger partial charge in [-0.2, -0.15) is 16.9 Å². The molecule has 1 unspecified atom stereocenters. The summed E-state index contributed by atoms with van der Waals surface area (Å²) in [5.41, 5.74) is 1.66. The summed E-state index contributed by atoms with van der Waals surface area (Å²) in [5.74, 6) is 0.541. The third-order valence-corrected chi connectivity index (χ3v) is 7.53. The van der Waals surface area contributed by atoms with E-state index in [1.807, 2.05) is 18.4 Å². The molecule has 0 saturated carbocycles. The first-order valence-electron chi connectivity index (χ1n) is 9.29. The van der Waals surface area contributed by atoms with Gasteiger partial charge in [-0.3, -0.25) is 9.48 Å².